The molecule has 2 atom stereocenters. The van der Waals surface area contributed by atoms with Crippen LogP contribution in [0.2, 0.25) is 0 Å². The van der Waals surface area contributed by atoms with Gasteiger partial charge in [-0.1, -0.05) is 13.8 Å². The largest absolute Gasteiger partial charge is 0.395 e. The molecule has 1 heterocycles. The maximum Gasteiger partial charge on any atom is 0.0585 e. The zero-order valence-corrected chi connectivity index (χ0v) is 13.1. The summed E-state index contributed by atoms with van der Waals surface area (Å²) in [5.74, 6) is 0. The lowest BCUT2D eigenvalue weighted by atomic mass is 10.1. The highest BCUT2D eigenvalue weighted by Crippen LogP contribution is 2.13. The summed E-state index contributed by atoms with van der Waals surface area (Å²) in [6.45, 7) is 10.4. The van der Waals surface area contributed by atoms with Crippen LogP contribution in [-0.4, -0.2) is 73.4 Å². The molecule has 0 amide bonds. The van der Waals surface area contributed by atoms with E-state index in [-0.39, 0.29) is 12.6 Å². The number of aliphatic hydroxyl groups is 1. The van der Waals surface area contributed by atoms with Crippen LogP contribution in [0.5, 0.6) is 0 Å². The van der Waals surface area contributed by atoms with E-state index in [0.29, 0.717) is 6.04 Å². The van der Waals surface area contributed by atoms with E-state index < -0.39 is 0 Å². The molecule has 1 aliphatic rings. The number of likely N-dealkylation sites (N-methyl/N-ethyl adjacent to an activating group) is 1. The molecular formula is C15H33N3O. The standard InChI is InChI=1S/C15H33N3O/c1-4-8-16-14(13-19)7-11-18-10-6-9-17(3)12-15(18)5-2/h14-16,19H,4-13H2,1-3H3. The highest BCUT2D eigenvalue weighted by molar-refractivity contribution is 4.79. The van der Waals surface area contributed by atoms with Crippen LogP contribution in [0, 0.1) is 0 Å². The Kier molecular flexibility index (Phi) is 8.62. The van der Waals surface area contributed by atoms with Gasteiger partial charge in [-0.15, -0.1) is 0 Å². The topological polar surface area (TPSA) is 38.7 Å². The van der Waals surface area contributed by atoms with Crippen LogP contribution in [-0.2, 0) is 0 Å². The first-order valence-corrected chi connectivity index (χ1v) is 7.98. The third-order valence-corrected chi connectivity index (χ3v) is 4.16. The number of rotatable bonds is 8. The summed E-state index contributed by atoms with van der Waals surface area (Å²) in [5.41, 5.74) is 0. The fourth-order valence-electron chi connectivity index (χ4n) is 2.90. The lowest BCUT2D eigenvalue weighted by Crippen LogP contribution is -2.43. The van der Waals surface area contributed by atoms with Gasteiger partial charge in [-0.05, 0) is 52.4 Å². The highest BCUT2D eigenvalue weighted by Gasteiger charge is 2.22. The first kappa shape index (κ1) is 16.9. The first-order chi connectivity index (χ1) is 9.21. The van der Waals surface area contributed by atoms with Crippen molar-refractivity contribution in [2.45, 2.75) is 51.6 Å². The van der Waals surface area contributed by atoms with E-state index in [1.807, 2.05) is 0 Å². The van der Waals surface area contributed by atoms with Gasteiger partial charge in [0.15, 0.2) is 0 Å². The van der Waals surface area contributed by atoms with Crippen molar-refractivity contribution in [1.82, 2.24) is 15.1 Å². The van der Waals surface area contributed by atoms with Crippen LogP contribution in [0.3, 0.4) is 0 Å². The number of aliphatic hydroxyl groups excluding tert-OH is 1. The van der Waals surface area contributed by atoms with Gasteiger partial charge in [0, 0.05) is 25.2 Å². The molecule has 114 valence electrons. The van der Waals surface area contributed by atoms with Gasteiger partial charge in [0.25, 0.3) is 0 Å². The zero-order chi connectivity index (χ0) is 14.1. The van der Waals surface area contributed by atoms with Gasteiger partial charge in [0.2, 0.25) is 0 Å². The van der Waals surface area contributed by atoms with E-state index in [0.717, 1.165) is 25.9 Å². The van der Waals surface area contributed by atoms with Crippen molar-refractivity contribution >= 4 is 0 Å². The molecule has 1 saturated heterocycles. The van der Waals surface area contributed by atoms with Crippen molar-refractivity contribution in [3.63, 3.8) is 0 Å². The van der Waals surface area contributed by atoms with Crippen molar-refractivity contribution in [2.75, 3.05) is 46.4 Å². The Bertz CT molecular complexity index is 225. The van der Waals surface area contributed by atoms with E-state index in [4.69, 9.17) is 0 Å². The van der Waals surface area contributed by atoms with Crippen LogP contribution in [0.15, 0.2) is 0 Å². The average molecular weight is 271 g/mol. The third kappa shape index (κ3) is 6.21. The molecule has 0 radical (unpaired) electrons. The Morgan fingerprint density at radius 1 is 1.32 bits per heavy atom. The SMILES string of the molecule is CCCNC(CO)CCN1CCCN(C)CC1CC. The van der Waals surface area contributed by atoms with Crippen molar-refractivity contribution in [1.29, 1.82) is 0 Å². The molecule has 2 unspecified atom stereocenters. The minimum atomic E-state index is 0.254. The molecule has 1 rings (SSSR count). The molecule has 0 aromatic carbocycles. The lowest BCUT2D eigenvalue weighted by Gasteiger charge is -2.31. The number of nitrogens with zero attached hydrogens (tertiary/aromatic N) is 2. The Morgan fingerprint density at radius 3 is 2.74 bits per heavy atom. The molecule has 4 heteroatoms. The number of hydrogen-bond donors (Lipinski definition) is 2. The number of nitrogens with one attached hydrogen (secondary N) is 1. The van der Waals surface area contributed by atoms with Crippen LogP contribution in [0.4, 0.5) is 0 Å². The predicted molar refractivity (Wildman–Crippen MR) is 81.6 cm³/mol. The quantitative estimate of drug-likeness (QED) is 0.695. The normalized spacial score (nSPS) is 24.3. The molecule has 0 saturated carbocycles. The Balaban J connectivity index is 2.39. The molecule has 4 nitrogen and oxygen atoms in total. The first-order valence-electron chi connectivity index (χ1n) is 7.98. The molecule has 1 aliphatic heterocycles. The molecule has 1 fully saturated rings. The summed E-state index contributed by atoms with van der Waals surface area (Å²) in [6.07, 6.45) is 4.66. The van der Waals surface area contributed by atoms with Crippen molar-refractivity contribution in [3.05, 3.63) is 0 Å². The van der Waals surface area contributed by atoms with E-state index in [1.54, 1.807) is 0 Å². The van der Waals surface area contributed by atoms with Gasteiger partial charge in [-0.2, -0.15) is 0 Å². The van der Waals surface area contributed by atoms with Gasteiger partial charge in [-0.3, -0.25) is 4.90 Å². The average Bonchev–Trinajstić information content (AvgIpc) is 2.60. The summed E-state index contributed by atoms with van der Waals surface area (Å²) in [4.78, 5) is 5.08. The zero-order valence-electron chi connectivity index (χ0n) is 13.1. The van der Waals surface area contributed by atoms with E-state index in [2.05, 4.69) is 36.0 Å². The molecule has 0 aromatic heterocycles. The van der Waals surface area contributed by atoms with E-state index in [9.17, 15) is 5.11 Å². The van der Waals surface area contributed by atoms with Crippen molar-refractivity contribution < 1.29 is 5.11 Å². The molecule has 0 aliphatic carbocycles. The van der Waals surface area contributed by atoms with Crippen LogP contribution >= 0.6 is 0 Å². The second-order valence-corrected chi connectivity index (χ2v) is 5.84. The molecule has 2 N–H and O–H groups in total. The second kappa shape index (κ2) is 9.70. The molecule has 19 heavy (non-hydrogen) atoms. The highest BCUT2D eigenvalue weighted by atomic mass is 16.3. The summed E-state index contributed by atoms with van der Waals surface area (Å²) < 4.78 is 0. The monoisotopic (exact) mass is 271 g/mol. The molecule has 0 bridgehead atoms. The smallest absolute Gasteiger partial charge is 0.0585 e. The third-order valence-electron chi connectivity index (χ3n) is 4.16. The summed E-state index contributed by atoms with van der Waals surface area (Å²) in [7, 11) is 2.23. The minimum Gasteiger partial charge on any atom is -0.395 e. The van der Waals surface area contributed by atoms with Crippen LogP contribution in [0.1, 0.15) is 39.5 Å². The van der Waals surface area contributed by atoms with Gasteiger partial charge in [-0.25, -0.2) is 0 Å². The van der Waals surface area contributed by atoms with Crippen LogP contribution < -0.4 is 5.32 Å². The maximum atomic E-state index is 9.41. The minimum absolute atomic E-state index is 0.254. The van der Waals surface area contributed by atoms with Gasteiger partial charge < -0.3 is 15.3 Å². The van der Waals surface area contributed by atoms with Gasteiger partial charge in [0.1, 0.15) is 0 Å². The summed E-state index contributed by atoms with van der Waals surface area (Å²) >= 11 is 0. The molecule has 0 spiro atoms. The fourth-order valence-corrected chi connectivity index (χ4v) is 2.90. The van der Waals surface area contributed by atoms with Crippen molar-refractivity contribution in [3.8, 4) is 0 Å². The Morgan fingerprint density at radius 2 is 2.11 bits per heavy atom. The van der Waals surface area contributed by atoms with E-state index >= 15 is 0 Å². The number of hydrogen-bond acceptors (Lipinski definition) is 4. The Hall–Kier alpha value is -0.160. The molecular weight excluding hydrogens is 238 g/mol. The second-order valence-electron chi connectivity index (χ2n) is 5.84. The summed E-state index contributed by atoms with van der Waals surface area (Å²) in [6, 6.07) is 0.941. The summed E-state index contributed by atoms with van der Waals surface area (Å²) in [5, 5.41) is 12.8. The maximum absolute atomic E-state index is 9.41. The predicted octanol–water partition coefficient (Wildman–Crippen LogP) is 1.15. The fraction of sp³-hybridized carbons (Fsp3) is 1.00. The lowest BCUT2D eigenvalue weighted by molar-refractivity contribution is 0.161. The van der Waals surface area contributed by atoms with Gasteiger partial charge >= 0.3 is 0 Å². The van der Waals surface area contributed by atoms with Crippen LogP contribution in [0.25, 0.3) is 0 Å². The molecule has 0 aromatic rings. The van der Waals surface area contributed by atoms with Gasteiger partial charge in [0.05, 0.1) is 6.61 Å². The van der Waals surface area contributed by atoms with Crippen molar-refractivity contribution in [2.24, 2.45) is 0 Å². The van der Waals surface area contributed by atoms with E-state index in [1.165, 1.54) is 32.5 Å². The Labute approximate surface area is 119 Å².